The first kappa shape index (κ1) is 19.6. The van der Waals surface area contributed by atoms with Crippen LogP contribution in [0.2, 0.25) is 0 Å². The first-order chi connectivity index (χ1) is 14.6. The van der Waals surface area contributed by atoms with Crippen molar-refractivity contribution in [2.75, 3.05) is 24.6 Å². The van der Waals surface area contributed by atoms with E-state index in [2.05, 4.69) is 0 Å². The lowest BCUT2D eigenvalue weighted by Gasteiger charge is -2.32. The molecule has 0 saturated heterocycles. The van der Waals surface area contributed by atoms with Gasteiger partial charge in [-0.05, 0) is 30.7 Å². The van der Waals surface area contributed by atoms with Crippen LogP contribution in [0.4, 0.5) is 5.69 Å². The van der Waals surface area contributed by atoms with Gasteiger partial charge in [-0.2, -0.15) is 0 Å². The quantitative estimate of drug-likeness (QED) is 0.351. The lowest BCUT2D eigenvalue weighted by Crippen LogP contribution is -2.32. The highest BCUT2D eigenvalue weighted by Crippen LogP contribution is 2.42. The lowest BCUT2D eigenvalue weighted by atomic mass is 9.85. The van der Waals surface area contributed by atoms with E-state index in [1.165, 1.54) is 0 Å². The normalized spacial score (nSPS) is 15.4. The zero-order chi connectivity index (χ0) is 21.1. The van der Waals surface area contributed by atoms with Gasteiger partial charge in [-0.25, -0.2) is 4.98 Å². The lowest BCUT2D eigenvalue weighted by molar-refractivity contribution is -0.481. The van der Waals surface area contributed by atoms with Gasteiger partial charge in [-0.3, -0.25) is 14.9 Å². The zero-order valence-electron chi connectivity index (χ0n) is 16.5. The summed E-state index contributed by atoms with van der Waals surface area (Å²) in [7, 11) is 0. The molecular formula is C23H21N3O4. The molecule has 1 atom stereocenters. The van der Waals surface area contributed by atoms with Crippen LogP contribution >= 0.6 is 0 Å². The zero-order valence-corrected chi connectivity index (χ0v) is 16.5. The molecule has 7 nitrogen and oxygen atoms in total. The van der Waals surface area contributed by atoms with Gasteiger partial charge in [0.25, 0.3) is 0 Å². The van der Waals surface area contributed by atoms with Crippen LogP contribution in [0.3, 0.4) is 0 Å². The number of fused-ring (bicyclic) bond motifs is 2. The minimum atomic E-state index is -0.469. The average Bonchev–Trinajstić information content (AvgIpc) is 2.75. The maximum atomic E-state index is 12.2. The summed E-state index contributed by atoms with van der Waals surface area (Å²) in [5.41, 5.74) is 3.74. The van der Waals surface area contributed by atoms with Gasteiger partial charge in [0.2, 0.25) is 6.54 Å². The van der Waals surface area contributed by atoms with Gasteiger partial charge in [0.15, 0.2) is 0 Å². The third kappa shape index (κ3) is 3.87. The van der Waals surface area contributed by atoms with Crippen molar-refractivity contribution in [3.8, 4) is 0 Å². The molecule has 1 unspecified atom stereocenters. The number of nitro groups is 1. The molecule has 1 aliphatic heterocycles. The Kier molecular flexibility index (Phi) is 5.43. The maximum absolute atomic E-state index is 12.2. The molecule has 2 aromatic carbocycles. The fraction of sp³-hybridized carbons (Fsp3) is 0.217. The smallest absolute Gasteiger partial charge is 0.325 e. The van der Waals surface area contributed by atoms with Crippen LogP contribution in [0.1, 0.15) is 24.1 Å². The number of pyridine rings is 1. The Morgan fingerprint density at radius 2 is 1.90 bits per heavy atom. The first-order valence-electron chi connectivity index (χ1n) is 9.77. The van der Waals surface area contributed by atoms with Crippen molar-refractivity contribution in [1.29, 1.82) is 0 Å². The third-order valence-electron chi connectivity index (χ3n) is 5.12. The molecular weight excluding hydrogens is 382 g/mol. The number of para-hydroxylation sites is 2. The Morgan fingerprint density at radius 3 is 2.70 bits per heavy atom. The summed E-state index contributed by atoms with van der Waals surface area (Å²) in [4.78, 5) is 29.9. The van der Waals surface area contributed by atoms with Crippen LogP contribution in [-0.4, -0.2) is 35.6 Å². The molecule has 4 rings (SSSR count). The van der Waals surface area contributed by atoms with Crippen molar-refractivity contribution in [3.63, 3.8) is 0 Å². The number of carbonyl (C=O) groups is 1. The molecule has 2 heterocycles. The van der Waals surface area contributed by atoms with Gasteiger partial charge in [0, 0.05) is 27.8 Å². The SMILES string of the molecule is CCOC(=O)CN1C=C(c2ccc3ccccc3n2)C(C[N+](=O)[O-])c2ccccc21. The molecule has 0 radical (unpaired) electrons. The molecule has 0 N–H and O–H groups in total. The topological polar surface area (TPSA) is 85.6 Å². The van der Waals surface area contributed by atoms with E-state index in [-0.39, 0.29) is 24.0 Å². The maximum Gasteiger partial charge on any atom is 0.325 e. The van der Waals surface area contributed by atoms with Crippen LogP contribution < -0.4 is 4.90 Å². The van der Waals surface area contributed by atoms with Crippen molar-refractivity contribution in [3.05, 3.63) is 88.2 Å². The van der Waals surface area contributed by atoms with E-state index in [1.807, 2.05) is 60.7 Å². The van der Waals surface area contributed by atoms with E-state index in [0.29, 0.717) is 17.9 Å². The first-order valence-corrected chi connectivity index (χ1v) is 9.77. The summed E-state index contributed by atoms with van der Waals surface area (Å²) < 4.78 is 5.12. The molecule has 1 aromatic heterocycles. The highest BCUT2D eigenvalue weighted by Gasteiger charge is 2.33. The standard InChI is InChI=1S/C23H21N3O4/c1-2-30-23(27)15-25-13-19(21-12-11-16-7-3-5-9-20(16)24-21)18(14-26(28)29)17-8-4-6-10-22(17)25/h3-13,18H,2,14-15H2,1H3. The summed E-state index contributed by atoms with van der Waals surface area (Å²) in [5, 5.41) is 12.5. The number of carbonyl (C=O) groups excluding carboxylic acids is 1. The summed E-state index contributed by atoms with van der Waals surface area (Å²) in [6.45, 7) is 1.81. The summed E-state index contributed by atoms with van der Waals surface area (Å²) in [6.07, 6.45) is 1.80. The number of aromatic nitrogens is 1. The van der Waals surface area contributed by atoms with Gasteiger partial charge < -0.3 is 9.64 Å². The number of nitrogens with zero attached hydrogens (tertiary/aromatic N) is 3. The van der Waals surface area contributed by atoms with Crippen molar-refractivity contribution in [1.82, 2.24) is 4.98 Å². The fourth-order valence-electron chi connectivity index (χ4n) is 3.83. The Morgan fingerprint density at radius 1 is 1.13 bits per heavy atom. The molecule has 0 amide bonds. The number of rotatable bonds is 6. The van der Waals surface area contributed by atoms with Gasteiger partial charge >= 0.3 is 5.97 Å². The molecule has 3 aromatic rings. The van der Waals surface area contributed by atoms with Gasteiger partial charge in [-0.1, -0.05) is 42.5 Å². The Balaban J connectivity index is 1.84. The molecule has 0 bridgehead atoms. The fourth-order valence-corrected chi connectivity index (χ4v) is 3.83. The van der Waals surface area contributed by atoms with E-state index >= 15 is 0 Å². The molecule has 0 fully saturated rings. The van der Waals surface area contributed by atoms with Crippen LogP contribution in [0.5, 0.6) is 0 Å². The molecule has 0 aliphatic carbocycles. The number of hydrogen-bond donors (Lipinski definition) is 0. The third-order valence-corrected chi connectivity index (χ3v) is 5.12. The summed E-state index contributed by atoms with van der Waals surface area (Å²) in [5.74, 6) is -0.828. The van der Waals surface area contributed by atoms with Crippen LogP contribution in [0, 0.1) is 10.1 Å². The molecule has 152 valence electrons. The highest BCUT2D eigenvalue weighted by atomic mass is 16.6. The minimum absolute atomic E-state index is 0.0210. The number of benzene rings is 2. The molecule has 1 aliphatic rings. The van der Waals surface area contributed by atoms with E-state index in [4.69, 9.17) is 9.72 Å². The van der Waals surface area contributed by atoms with E-state index in [9.17, 15) is 14.9 Å². The molecule has 0 saturated carbocycles. The van der Waals surface area contributed by atoms with Crippen molar-refractivity contribution >= 4 is 28.1 Å². The van der Waals surface area contributed by atoms with E-state index < -0.39 is 5.92 Å². The van der Waals surface area contributed by atoms with Crippen LogP contribution in [-0.2, 0) is 9.53 Å². The van der Waals surface area contributed by atoms with Crippen molar-refractivity contribution in [2.45, 2.75) is 12.8 Å². The second-order valence-corrected chi connectivity index (χ2v) is 7.03. The number of anilines is 1. The van der Waals surface area contributed by atoms with Crippen molar-refractivity contribution in [2.24, 2.45) is 0 Å². The van der Waals surface area contributed by atoms with Gasteiger partial charge in [-0.15, -0.1) is 0 Å². The van der Waals surface area contributed by atoms with E-state index in [1.54, 1.807) is 18.0 Å². The predicted octanol–water partition coefficient (Wildman–Crippen LogP) is 4.02. The number of ether oxygens (including phenoxy) is 1. The Labute approximate surface area is 173 Å². The second kappa shape index (κ2) is 8.32. The predicted molar refractivity (Wildman–Crippen MR) is 115 cm³/mol. The number of hydrogen-bond acceptors (Lipinski definition) is 6. The van der Waals surface area contributed by atoms with Crippen LogP contribution in [0.25, 0.3) is 16.5 Å². The Bertz CT molecular complexity index is 1140. The summed E-state index contributed by atoms with van der Waals surface area (Å²) in [6, 6.07) is 19.0. The highest BCUT2D eigenvalue weighted by molar-refractivity contribution is 5.86. The summed E-state index contributed by atoms with van der Waals surface area (Å²) >= 11 is 0. The molecule has 7 heteroatoms. The number of esters is 1. The molecule has 30 heavy (non-hydrogen) atoms. The monoisotopic (exact) mass is 403 g/mol. The average molecular weight is 403 g/mol. The van der Waals surface area contributed by atoms with E-state index in [0.717, 1.165) is 22.2 Å². The largest absolute Gasteiger partial charge is 0.465 e. The minimum Gasteiger partial charge on any atom is -0.465 e. The van der Waals surface area contributed by atoms with Crippen molar-refractivity contribution < 1.29 is 14.5 Å². The Hall–Kier alpha value is -3.74. The second-order valence-electron chi connectivity index (χ2n) is 7.03. The van der Waals surface area contributed by atoms with Gasteiger partial charge in [0.1, 0.15) is 6.54 Å². The van der Waals surface area contributed by atoms with Gasteiger partial charge in [0.05, 0.1) is 23.7 Å². The molecule has 0 spiro atoms. The van der Waals surface area contributed by atoms with Crippen LogP contribution in [0.15, 0.2) is 66.9 Å².